The maximum absolute atomic E-state index is 13.2. The summed E-state index contributed by atoms with van der Waals surface area (Å²) in [7, 11) is 0. The first kappa shape index (κ1) is 15.3. The van der Waals surface area contributed by atoms with Gasteiger partial charge in [0.05, 0.1) is 17.7 Å². The first-order chi connectivity index (χ1) is 9.97. The lowest BCUT2D eigenvalue weighted by Crippen LogP contribution is -2.41. The summed E-state index contributed by atoms with van der Waals surface area (Å²) < 4.78 is 18.4. The van der Waals surface area contributed by atoms with Crippen LogP contribution < -0.4 is 10.1 Å². The molecule has 0 spiro atoms. The number of halogens is 1. The van der Waals surface area contributed by atoms with Crippen molar-refractivity contribution < 1.29 is 23.8 Å². The number of benzene rings is 1. The first-order valence-corrected chi connectivity index (χ1v) is 6.92. The lowest BCUT2D eigenvalue weighted by molar-refractivity contribution is -0.157. The molecule has 0 unspecified atom stereocenters. The van der Waals surface area contributed by atoms with Gasteiger partial charge >= 0.3 is 5.97 Å². The number of anilines is 1. The summed E-state index contributed by atoms with van der Waals surface area (Å²) in [5.74, 6) is -1.56. The van der Waals surface area contributed by atoms with Crippen molar-refractivity contribution in [3.05, 3.63) is 24.0 Å². The zero-order valence-electron chi connectivity index (χ0n) is 11.8. The average molecular weight is 295 g/mol. The fourth-order valence-corrected chi connectivity index (χ4v) is 2.45. The molecule has 0 aromatic heterocycles. The van der Waals surface area contributed by atoms with Gasteiger partial charge in [-0.2, -0.15) is 0 Å². The summed E-state index contributed by atoms with van der Waals surface area (Å²) in [5, 5.41) is 11.8. The van der Waals surface area contributed by atoms with Crippen LogP contribution in [0, 0.1) is 11.2 Å². The van der Waals surface area contributed by atoms with Crippen molar-refractivity contribution in [3.63, 3.8) is 0 Å². The molecular formula is C15H18FNO4. The highest BCUT2D eigenvalue weighted by Crippen LogP contribution is 2.44. The van der Waals surface area contributed by atoms with Gasteiger partial charge in [-0.1, -0.05) is 6.42 Å². The molecule has 1 fully saturated rings. The molecule has 114 valence electrons. The second-order valence-corrected chi connectivity index (χ2v) is 5.24. The Morgan fingerprint density at radius 2 is 2.14 bits per heavy atom. The number of carboxylic acids is 1. The Hall–Kier alpha value is -2.11. The molecule has 1 aliphatic carbocycles. The van der Waals surface area contributed by atoms with E-state index in [9.17, 15) is 19.1 Å². The van der Waals surface area contributed by atoms with Crippen molar-refractivity contribution in [2.24, 2.45) is 5.41 Å². The van der Waals surface area contributed by atoms with Gasteiger partial charge in [-0.05, 0) is 31.9 Å². The molecule has 1 aliphatic rings. The van der Waals surface area contributed by atoms with Crippen LogP contribution in [0.25, 0.3) is 0 Å². The molecule has 21 heavy (non-hydrogen) atoms. The predicted molar refractivity (Wildman–Crippen MR) is 74.7 cm³/mol. The first-order valence-electron chi connectivity index (χ1n) is 6.92. The van der Waals surface area contributed by atoms with E-state index in [1.807, 2.05) is 0 Å². The van der Waals surface area contributed by atoms with E-state index in [1.165, 1.54) is 18.2 Å². The Kier molecular flexibility index (Phi) is 4.45. The largest absolute Gasteiger partial charge is 0.492 e. The molecule has 2 rings (SSSR count). The molecule has 6 heteroatoms. The Labute approximate surface area is 122 Å². The lowest BCUT2D eigenvalue weighted by atomic mass is 9.66. The van der Waals surface area contributed by atoms with Crippen LogP contribution in [0.3, 0.4) is 0 Å². The molecular weight excluding hydrogens is 277 g/mol. The standard InChI is InChI=1S/C15H18FNO4/c1-2-21-12-8-10(16)4-5-11(12)17-13(18)9-15(14(19)20)6-3-7-15/h4-5,8H,2-3,6-7,9H2,1H3,(H,17,18)(H,19,20). The van der Waals surface area contributed by atoms with Crippen molar-refractivity contribution in [2.45, 2.75) is 32.6 Å². The molecule has 5 nitrogen and oxygen atoms in total. The highest BCUT2D eigenvalue weighted by Gasteiger charge is 2.45. The van der Waals surface area contributed by atoms with Gasteiger partial charge in [-0.3, -0.25) is 9.59 Å². The minimum atomic E-state index is -0.949. The Morgan fingerprint density at radius 1 is 1.43 bits per heavy atom. The molecule has 0 atom stereocenters. The second kappa shape index (κ2) is 6.11. The summed E-state index contributed by atoms with van der Waals surface area (Å²) in [6.07, 6.45) is 1.76. The third kappa shape index (κ3) is 3.32. The van der Waals surface area contributed by atoms with Gasteiger partial charge in [-0.15, -0.1) is 0 Å². The van der Waals surface area contributed by atoms with Crippen LogP contribution >= 0.6 is 0 Å². The van der Waals surface area contributed by atoms with Gasteiger partial charge in [-0.25, -0.2) is 4.39 Å². The van der Waals surface area contributed by atoms with E-state index in [0.29, 0.717) is 25.1 Å². The highest BCUT2D eigenvalue weighted by molar-refractivity contribution is 5.95. The molecule has 0 radical (unpaired) electrons. The third-order valence-electron chi connectivity index (χ3n) is 3.78. The van der Waals surface area contributed by atoms with Crippen LogP contribution in [0.2, 0.25) is 0 Å². The summed E-state index contributed by atoms with van der Waals surface area (Å²) in [6.45, 7) is 2.09. The minimum absolute atomic E-state index is 0.0781. The van der Waals surface area contributed by atoms with Crippen molar-refractivity contribution in [3.8, 4) is 5.75 Å². The quantitative estimate of drug-likeness (QED) is 0.846. The van der Waals surface area contributed by atoms with Gasteiger partial charge in [0.2, 0.25) is 5.91 Å². The normalized spacial score (nSPS) is 15.9. The van der Waals surface area contributed by atoms with Crippen LogP contribution in [0.15, 0.2) is 18.2 Å². The van der Waals surface area contributed by atoms with E-state index in [0.717, 1.165) is 6.42 Å². The fourth-order valence-electron chi connectivity index (χ4n) is 2.45. The van der Waals surface area contributed by atoms with Crippen LogP contribution in [-0.2, 0) is 9.59 Å². The number of rotatable bonds is 6. The summed E-state index contributed by atoms with van der Waals surface area (Å²) >= 11 is 0. The number of amides is 1. The Bertz CT molecular complexity index is 555. The maximum atomic E-state index is 13.2. The number of hydrogen-bond donors (Lipinski definition) is 2. The SMILES string of the molecule is CCOc1cc(F)ccc1NC(=O)CC1(C(=O)O)CCC1. The molecule has 1 saturated carbocycles. The third-order valence-corrected chi connectivity index (χ3v) is 3.78. The van der Waals surface area contributed by atoms with E-state index in [1.54, 1.807) is 6.92 Å². The predicted octanol–water partition coefficient (Wildman–Crippen LogP) is 2.81. The molecule has 0 saturated heterocycles. The van der Waals surface area contributed by atoms with E-state index in [4.69, 9.17) is 4.74 Å². The van der Waals surface area contributed by atoms with Gasteiger partial charge in [0.15, 0.2) is 0 Å². The van der Waals surface area contributed by atoms with E-state index < -0.39 is 23.1 Å². The molecule has 2 N–H and O–H groups in total. The van der Waals surface area contributed by atoms with E-state index >= 15 is 0 Å². The van der Waals surface area contributed by atoms with Crippen molar-refractivity contribution >= 4 is 17.6 Å². The van der Waals surface area contributed by atoms with Gasteiger partial charge in [0.1, 0.15) is 11.6 Å². The van der Waals surface area contributed by atoms with Crippen molar-refractivity contribution in [2.75, 3.05) is 11.9 Å². The number of carboxylic acid groups (broad SMARTS) is 1. The highest BCUT2D eigenvalue weighted by atomic mass is 19.1. The number of nitrogens with one attached hydrogen (secondary N) is 1. The molecule has 0 heterocycles. The van der Waals surface area contributed by atoms with Crippen molar-refractivity contribution in [1.82, 2.24) is 0 Å². The second-order valence-electron chi connectivity index (χ2n) is 5.24. The summed E-state index contributed by atoms with van der Waals surface area (Å²) in [4.78, 5) is 23.3. The summed E-state index contributed by atoms with van der Waals surface area (Å²) in [5.41, 5.74) is -0.598. The molecule has 0 bridgehead atoms. The van der Waals surface area contributed by atoms with Crippen LogP contribution in [-0.4, -0.2) is 23.6 Å². The van der Waals surface area contributed by atoms with Crippen LogP contribution in [0.4, 0.5) is 10.1 Å². The Morgan fingerprint density at radius 3 is 2.67 bits per heavy atom. The van der Waals surface area contributed by atoms with Gasteiger partial charge in [0, 0.05) is 12.5 Å². The van der Waals surface area contributed by atoms with Crippen LogP contribution in [0.5, 0.6) is 5.75 Å². The number of carbonyl (C=O) groups is 2. The Balaban J connectivity index is 2.07. The van der Waals surface area contributed by atoms with E-state index in [2.05, 4.69) is 5.32 Å². The molecule has 1 aromatic rings. The summed E-state index contributed by atoms with van der Waals surface area (Å²) in [6, 6.07) is 3.82. The average Bonchev–Trinajstić information content (AvgIpc) is 2.37. The maximum Gasteiger partial charge on any atom is 0.310 e. The number of aliphatic carboxylic acids is 1. The monoisotopic (exact) mass is 295 g/mol. The topological polar surface area (TPSA) is 75.6 Å². The van der Waals surface area contributed by atoms with Crippen LogP contribution in [0.1, 0.15) is 32.6 Å². The number of ether oxygens (including phenoxy) is 1. The van der Waals surface area contributed by atoms with E-state index in [-0.39, 0.29) is 12.2 Å². The number of carbonyl (C=O) groups excluding carboxylic acids is 1. The zero-order chi connectivity index (χ0) is 15.5. The van der Waals surface area contributed by atoms with Gasteiger partial charge in [0.25, 0.3) is 0 Å². The number of hydrogen-bond acceptors (Lipinski definition) is 3. The minimum Gasteiger partial charge on any atom is -0.492 e. The zero-order valence-corrected chi connectivity index (χ0v) is 11.8. The molecule has 1 aromatic carbocycles. The van der Waals surface area contributed by atoms with Gasteiger partial charge < -0.3 is 15.2 Å². The van der Waals surface area contributed by atoms with Crippen molar-refractivity contribution in [1.29, 1.82) is 0 Å². The molecule has 0 aliphatic heterocycles. The lowest BCUT2D eigenvalue weighted by Gasteiger charge is -2.36. The smallest absolute Gasteiger partial charge is 0.310 e. The molecule has 1 amide bonds. The fraction of sp³-hybridized carbons (Fsp3) is 0.467.